The number of ether oxygens (including phenoxy) is 1. The van der Waals surface area contributed by atoms with Crippen LogP contribution in [0.1, 0.15) is 12.0 Å². The molecule has 1 aromatic heterocycles. The molecule has 7 nitrogen and oxygen atoms in total. The summed E-state index contributed by atoms with van der Waals surface area (Å²) < 4.78 is 27.7. The first-order valence-electron chi connectivity index (χ1n) is 8.72. The van der Waals surface area contributed by atoms with Crippen LogP contribution in [0.5, 0.6) is 0 Å². The van der Waals surface area contributed by atoms with E-state index in [0.717, 1.165) is 16.5 Å². The summed E-state index contributed by atoms with van der Waals surface area (Å²) in [6.45, 7) is 0.128. The molecule has 1 aliphatic heterocycles. The number of esters is 1. The topological polar surface area (TPSA) is 105 Å². The highest BCUT2D eigenvalue weighted by Crippen LogP contribution is 2.24. The van der Waals surface area contributed by atoms with Gasteiger partial charge in [0.1, 0.15) is 0 Å². The molecular formula is C18H22N2O5S2. The van der Waals surface area contributed by atoms with Gasteiger partial charge >= 0.3 is 5.97 Å². The number of para-hydroxylation sites is 1. The van der Waals surface area contributed by atoms with Crippen LogP contribution >= 0.6 is 11.8 Å². The van der Waals surface area contributed by atoms with E-state index in [1.54, 1.807) is 0 Å². The van der Waals surface area contributed by atoms with Gasteiger partial charge in [-0.2, -0.15) is 0 Å². The zero-order chi connectivity index (χ0) is 19.3. The molecule has 1 saturated heterocycles. The van der Waals surface area contributed by atoms with Crippen molar-refractivity contribution in [2.24, 2.45) is 0 Å². The lowest BCUT2D eigenvalue weighted by Gasteiger charge is -2.08. The van der Waals surface area contributed by atoms with Crippen LogP contribution in [0.4, 0.5) is 0 Å². The zero-order valence-corrected chi connectivity index (χ0v) is 16.4. The Kier molecular flexibility index (Phi) is 6.43. The molecule has 9 heteroatoms. The Morgan fingerprint density at radius 1 is 1.30 bits per heavy atom. The maximum atomic E-state index is 11.8. The maximum Gasteiger partial charge on any atom is 0.316 e. The molecule has 1 amide bonds. The van der Waals surface area contributed by atoms with Crippen LogP contribution in [0.3, 0.4) is 0 Å². The molecule has 1 aromatic carbocycles. The number of carbonyl (C=O) groups excluding carboxylic acids is 2. The van der Waals surface area contributed by atoms with E-state index in [2.05, 4.69) is 10.3 Å². The predicted molar refractivity (Wildman–Crippen MR) is 105 cm³/mol. The molecule has 3 rings (SSSR count). The van der Waals surface area contributed by atoms with Gasteiger partial charge in [-0.1, -0.05) is 18.2 Å². The number of amides is 1. The molecule has 2 N–H and O–H groups in total. The van der Waals surface area contributed by atoms with E-state index in [1.165, 1.54) is 11.8 Å². The Morgan fingerprint density at radius 2 is 2.11 bits per heavy atom. The van der Waals surface area contributed by atoms with Gasteiger partial charge in [-0.05, 0) is 24.5 Å². The fraction of sp³-hybridized carbons (Fsp3) is 0.444. The van der Waals surface area contributed by atoms with Gasteiger partial charge in [0.05, 0.1) is 17.3 Å². The van der Waals surface area contributed by atoms with E-state index in [-0.39, 0.29) is 35.0 Å². The van der Waals surface area contributed by atoms with Gasteiger partial charge in [-0.15, -0.1) is 11.8 Å². The van der Waals surface area contributed by atoms with Gasteiger partial charge in [-0.25, -0.2) is 8.42 Å². The molecule has 2 heterocycles. The van der Waals surface area contributed by atoms with Crippen molar-refractivity contribution in [3.05, 3.63) is 36.0 Å². The number of benzene rings is 1. The summed E-state index contributed by atoms with van der Waals surface area (Å²) in [5.74, 6) is -0.506. The van der Waals surface area contributed by atoms with Crippen LogP contribution in [-0.2, 0) is 30.6 Å². The summed E-state index contributed by atoms with van der Waals surface area (Å²) in [5, 5.41) is 3.80. The van der Waals surface area contributed by atoms with E-state index in [0.29, 0.717) is 19.4 Å². The monoisotopic (exact) mass is 410 g/mol. The molecule has 0 unspecified atom stereocenters. The molecule has 2 aromatic rings. The Bertz CT molecular complexity index is 923. The third-order valence-corrected chi connectivity index (χ3v) is 7.64. The SMILES string of the molecule is O=C(COC(=O)CS[C@@H]1CCS(=O)(=O)C1)NCCc1c[nH]c2ccccc12. The quantitative estimate of drug-likeness (QED) is 0.636. The molecule has 1 aliphatic rings. The lowest BCUT2D eigenvalue weighted by molar-refractivity contribution is -0.145. The molecule has 0 spiro atoms. The van der Waals surface area contributed by atoms with Crippen molar-refractivity contribution >= 4 is 44.4 Å². The lowest BCUT2D eigenvalue weighted by Crippen LogP contribution is -2.30. The predicted octanol–water partition coefficient (Wildman–Crippen LogP) is 1.29. The average Bonchev–Trinajstić information content (AvgIpc) is 3.21. The molecular weight excluding hydrogens is 388 g/mol. The van der Waals surface area contributed by atoms with Crippen molar-refractivity contribution in [2.75, 3.05) is 30.4 Å². The molecule has 1 fully saturated rings. The van der Waals surface area contributed by atoms with E-state index in [1.807, 2.05) is 30.5 Å². The third-order valence-electron chi connectivity index (χ3n) is 4.38. The standard InChI is InChI=1S/C18H22N2O5S2/c21-17(10-25-18(22)11-26-14-6-8-27(23,24)12-14)19-7-5-13-9-20-16-4-2-1-3-15(13)16/h1-4,9,14,20H,5-8,10-12H2,(H,19,21)/t14-/m1/s1. The molecule has 0 aliphatic carbocycles. The summed E-state index contributed by atoms with van der Waals surface area (Å²) in [7, 11) is -2.95. The fourth-order valence-electron chi connectivity index (χ4n) is 2.99. The summed E-state index contributed by atoms with van der Waals surface area (Å²) in [6, 6.07) is 7.95. The molecule has 1 atom stereocenters. The van der Waals surface area contributed by atoms with Crippen molar-refractivity contribution in [1.82, 2.24) is 10.3 Å². The number of sulfone groups is 1. The van der Waals surface area contributed by atoms with Crippen molar-refractivity contribution in [2.45, 2.75) is 18.1 Å². The van der Waals surface area contributed by atoms with Crippen LogP contribution in [-0.4, -0.2) is 60.9 Å². The highest BCUT2D eigenvalue weighted by atomic mass is 32.2. The van der Waals surface area contributed by atoms with Crippen LogP contribution in [0, 0.1) is 0 Å². The number of H-pyrrole nitrogens is 1. The van der Waals surface area contributed by atoms with Gasteiger partial charge in [0.25, 0.3) is 5.91 Å². The van der Waals surface area contributed by atoms with Crippen LogP contribution in [0.25, 0.3) is 10.9 Å². The largest absolute Gasteiger partial charge is 0.455 e. The fourth-order valence-corrected chi connectivity index (χ4v) is 6.43. The number of aromatic nitrogens is 1. The highest BCUT2D eigenvalue weighted by molar-refractivity contribution is 8.02. The smallest absolute Gasteiger partial charge is 0.316 e. The Hall–Kier alpha value is -2.00. The zero-order valence-electron chi connectivity index (χ0n) is 14.8. The highest BCUT2D eigenvalue weighted by Gasteiger charge is 2.28. The second-order valence-corrected chi connectivity index (χ2v) is 9.97. The number of rotatable bonds is 8. The number of nitrogens with one attached hydrogen (secondary N) is 2. The van der Waals surface area contributed by atoms with Crippen molar-refractivity contribution in [3.63, 3.8) is 0 Å². The minimum absolute atomic E-state index is 0.0583. The van der Waals surface area contributed by atoms with Crippen molar-refractivity contribution in [1.29, 1.82) is 0 Å². The van der Waals surface area contributed by atoms with Crippen molar-refractivity contribution < 1.29 is 22.7 Å². The first-order chi connectivity index (χ1) is 12.9. The summed E-state index contributed by atoms with van der Waals surface area (Å²) in [6.07, 6.45) is 3.17. The summed E-state index contributed by atoms with van der Waals surface area (Å²) in [4.78, 5) is 26.7. The van der Waals surface area contributed by atoms with Gasteiger partial charge in [0.15, 0.2) is 16.4 Å². The maximum absolute atomic E-state index is 11.8. The van der Waals surface area contributed by atoms with Crippen LogP contribution in [0.15, 0.2) is 30.5 Å². The second-order valence-electron chi connectivity index (χ2n) is 6.46. The molecule has 0 bridgehead atoms. The Morgan fingerprint density at radius 3 is 2.89 bits per heavy atom. The Labute approximate surface area is 162 Å². The van der Waals surface area contributed by atoms with E-state index in [4.69, 9.17) is 4.74 Å². The lowest BCUT2D eigenvalue weighted by atomic mass is 10.1. The average molecular weight is 411 g/mol. The first kappa shape index (κ1) is 19.8. The number of thioether (sulfide) groups is 1. The van der Waals surface area contributed by atoms with Gasteiger partial charge in [0.2, 0.25) is 0 Å². The number of hydrogen-bond acceptors (Lipinski definition) is 6. The Balaban J connectivity index is 1.32. The van der Waals surface area contributed by atoms with E-state index < -0.39 is 15.8 Å². The number of aromatic amines is 1. The number of hydrogen-bond donors (Lipinski definition) is 2. The van der Waals surface area contributed by atoms with Gasteiger partial charge in [0, 0.05) is 28.9 Å². The van der Waals surface area contributed by atoms with E-state index >= 15 is 0 Å². The third kappa shape index (κ3) is 5.74. The van der Waals surface area contributed by atoms with Crippen LogP contribution in [0.2, 0.25) is 0 Å². The molecule has 146 valence electrons. The van der Waals surface area contributed by atoms with Gasteiger partial charge < -0.3 is 15.0 Å². The van der Waals surface area contributed by atoms with Crippen LogP contribution < -0.4 is 5.32 Å². The first-order valence-corrected chi connectivity index (χ1v) is 11.6. The minimum atomic E-state index is -2.95. The number of carbonyl (C=O) groups is 2. The summed E-state index contributed by atoms with van der Waals surface area (Å²) in [5.41, 5.74) is 2.17. The number of fused-ring (bicyclic) bond motifs is 1. The second kappa shape index (κ2) is 8.79. The minimum Gasteiger partial charge on any atom is -0.455 e. The normalized spacial score (nSPS) is 18.4. The molecule has 0 radical (unpaired) electrons. The molecule has 0 saturated carbocycles. The molecule has 27 heavy (non-hydrogen) atoms. The summed E-state index contributed by atoms with van der Waals surface area (Å²) >= 11 is 1.27. The van der Waals surface area contributed by atoms with Crippen molar-refractivity contribution in [3.8, 4) is 0 Å². The van der Waals surface area contributed by atoms with Gasteiger partial charge in [-0.3, -0.25) is 9.59 Å². The van der Waals surface area contributed by atoms with E-state index in [9.17, 15) is 18.0 Å².